The lowest BCUT2D eigenvalue weighted by Crippen LogP contribution is -2.04. The topological polar surface area (TPSA) is 33.4 Å². The van der Waals surface area contributed by atoms with Crippen LogP contribution >= 0.6 is 0 Å². The summed E-state index contributed by atoms with van der Waals surface area (Å²) in [6, 6.07) is 5.93. The second-order valence-corrected chi connectivity index (χ2v) is 4.49. The maximum absolute atomic E-state index is 10.2. The van der Waals surface area contributed by atoms with E-state index in [1.54, 1.807) is 0 Å². The molecule has 1 saturated carbocycles. The van der Waals surface area contributed by atoms with Crippen molar-refractivity contribution in [3.05, 3.63) is 35.1 Å². The van der Waals surface area contributed by atoms with Gasteiger partial charge < -0.3 is 9.52 Å². The molecule has 0 aliphatic heterocycles. The molecule has 0 saturated heterocycles. The van der Waals surface area contributed by atoms with Crippen molar-refractivity contribution in [2.75, 3.05) is 0 Å². The Labute approximate surface area is 88.5 Å². The van der Waals surface area contributed by atoms with E-state index in [4.69, 9.17) is 4.42 Å². The lowest BCUT2D eigenvalue weighted by molar-refractivity contribution is 0.153. The number of hydrogen-bond donors (Lipinski definition) is 1. The zero-order valence-electron chi connectivity index (χ0n) is 9.00. The first-order valence-electron chi connectivity index (χ1n) is 5.33. The molecule has 2 aromatic rings. The molecule has 15 heavy (non-hydrogen) atoms. The summed E-state index contributed by atoms with van der Waals surface area (Å²) in [6.45, 7) is 4.02. The second-order valence-electron chi connectivity index (χ2n) is 4.49. The van der Waals surface area contributed by atoms with E-state index in [9.17, 15) is 5.11 Å². The van der Waals surface area contributed by atoms with Gasteiger partial charge in [0.2, 0.25) is 0 Å². The van der Waals surface area contributed by atoms with Crippen LogP contribution in [0.2, 0.25) is 0 Å². The minimum atomic E-state index is -0.583. The van der Waals surface area contributed by atoms with Crippen LogP contribution in [-0.2, 0) is 5.60 Å². The quantitative estimate of drug-likeness (QED) is 0.771. The van der Waals surface area contributed by atoms with Crippen LogP contribution in [0.3, 0.4) is 0 Å². The van der Waals surface area contributed by atoms with Gasteiger partial charge >= 0.3 is 0 Å². The van der Waals surface area contributed by atoms with Crippen LogP contribution in [0.5, 0.6) is 0 Å². The first kappa shape index (κ1) is 8.98. The zero-order valence-corrected chi connectivity index (χ0v) is 9.00. The van der Waals surface area contributed by atoms with E-state index >= 15 is 0 Å². The first-order chi connectivity index (χ1) is 7.12. The van der Waals surface area contributed by atoms with Crippen molar-refractivity contribution >= 4 is 11.0 Å². The molecule has 0 amide bonds. The van der Waals surface area contributed by atoms with Crippen LogP contribution in [-0.4, -0.2) is 5.11 Å². The summed E-state index contributed by atoms with van der Waals surface area (Å²) in [7, 11) is 0. The normalized spacial score (nSPS) is 18.3. The summed E-state index contributed by atoms with van der Waals surface area (Å²) in [5.74, 6) is 0.946. The van der Waals surface area contributed by atoms with E-state index in [1.165, 1.54) is 0 Å². The molecule has 1 N–H and O–H groups in total. The highest BCUT2D eigenvalue weighted by Gasteiger charge is 2.43. The molecule has 1 aromatic heterocycles. The van der Waals surface area contributed by atoms with Crippen LogP contribution in [0, 0.1) is 13.8 Å². The Hall–Kier alpha value is -1.28. The van der Waals surface area contributed by atoms with Crippen LogP contribution in [0.25, 0.3) is 11.0 Å². The van der Waals surface area contributed by atoms with E-state index in [0.717, 1.165) is 40.7 Å². The third kappa shape index (κ3) is 1.15. The van der Waals surface area contributed by atoms with E-state index in [-0.39, 0.29) is 0 Å². The Morgan fingerprint density at radius 1 is 1.27 bits per heavy atom. The predicted octanol–water partition coefficient (Wildman–Crippen LogP) is 3.03. The van der Waals surface area contributed by atoms with Crippen molar-refractivity contribution in [3.63, 3.8) is 0 Å². The highest BCUT2D eigenvalue weighted by molar-refractivity contribution is 5.86. The van der Waals surface area contributed by atoms with E-state index in [2.05, 4.69) is 6.92 Å². The van der Waals surface area contributed by atoms with E-state index in [1.807, 2.05) is 25.1 Å². The van der Waals surface area contributed by atoms with Crippen LogP contribution in [0.15, 0.2) is 22.6 Å². The zero-order chi connectivity index (χ0) is 10.6. The van der Waals surface area contributed by atoms with E-state index < -0.39 is 5.60 Å². The number of furan rings is 1. The maximum Gasteiger partial charge on any atom is 0.134 e. The van der Waals surface area contributed by atoms with Crippen LogP contribution < -0.4 is 0 Å². The first-order valence-corrected chi connectivity index (χ1v) is 5.33. The van der Waals surface area contributed by atoms with Gasteiger partial charge in [0, 0.05) is 5.39 Å². The highest BCUT2D eigenvalue weighted by atomic mass is 16.3. The minimum absolute atomic E-state index is 0.583. The molecular formula is C13H14O2. The fourth-order valence-corrected chi connectivity index (χ4v) is 2.20. The van der Waals surface area contributed by atoms with Gasteiger partial charge in [-0.3, -0.25) is 0 Å². The summed E-state index contributed by atoms with van der Waals surface area (Å²) in [5, 5.41) is 11.3. The molecule has 0 radical (unpaired) electrons. The second kappa shape index (κ2) is 2.64. The Morgan fingerprint density at radius 3 is 2.67 bits per heavy atom. The monoisotopic (exact) mass is 202 g/mol. The smallest absolute Gasteiger partial charge is 0.134 e. The molecule has 1 aliphatic carbocycles. The van der Waals surface area contributed by atoms with Crippen molar-refractivity contribution in [3.8, 4) is 0 Å². The van der Waals surface area contributed by atoms with Gasteiger partial charge in [0.25, 0.3) is 0 Å². The highest BCUT2D eigenvalue weighted by Crippen LogP contribution is 2.48. The lowest BCUT2D eigenvalue weighted by atomic mass is 10.00. The van der Waals surface area contributed by atoms with Crippen LogP contribution in [0.4, 0.5) is 0 Å². The number of fused-ring (bicyclic) bond motifs is 1. The Bertz CT molecular complexity index is 533. The molecule has 78 valence electrons. The number of benzene rings is 1. The molecule has 1 aromatic carbocycles. The summed E-state index contributed by atoms with van der Waals surface area (Å²) in [5.41, 5.74) is 2.50. The third-order valence-corrected chi connectivity index (χ3v) is 3.42. The molecule has 2 nitrogen and oxygen atoms in total. The van der Waals surface area contributed by atoms with Crippen LogP contribution in [0.1, 0.15) is 29.7 Å². The van der Waals surface area contributed by atoms with Crippen molar-refractivity contribution in [2.45, 2.75) is 32.3 Å². The molecule has 1 heterocycles. The number of rotatable bonds is 1. The molecule has 1 aliphatic rings. The molecule has 1 fully saturated rings. The summed E-state index contributed by atoms with van der Waals surface area (Å²) < 4.78 is 5.65. The van der Waals surface area contributed by atoms with E-state index in [0.29, 0.717) is 0 Å². The molecule has 0 atom stereocenters. The van der Waals surface area contributed by atoms with Crippen molar-refractivity contribution < 1.29 is 9.52 Å². The lowest BCUT2D eigenvalue weighted by Gasteiger charge is -2.09. The molecular weight excluding hydrogens is 188 g/mol. The fraction of sp³-hybridized carbons (Fsp3) is 0.385. The van der Waals surface area contributed by atoms with Gasteiger partial charge in [-0.25, -0.2) is 0 Å². The van der Waals surface area contributed by atoms with Gasteiger partial charge in [-0.15, -0.1) is 0 Å². The Kier molecular flexibility index (Phi) is 1.58. The summed E-state index contributed by atoms with van der Waals surface area (Å²) >= 11 is 0. The SMILES string of the molecule is Cc1oc2cccc(C3(O)CC3)c2c1C. The number of hydrogen-bond acceptors (Lipinski definition) is 2. The Balaban J connectivity index is 2.38. The van der Waals surface area contributed by atoms with Gasteiger partial charge in [0.15, 0.2) is 0 Å². The fourth-order valence-electron chi connectivity index (χ4n) is 2.20. The van der Waals surface area contributed by atoms with Crippen molar-refractivity contribution in [1.29, 1.82) is 0 Å². The predicted molar refractivity (Wildman–Crippen MR) is 58.8 cm³/mol. The molecule has 0 unspecified atom stereocenters. The average Bonchev–Trinajstić information content (AvgIpc) is 2.89. The van der Waals surface area contributed by atoms with Crippen molar-refractivity contribution in [2.24, 2.45) is 0 Å². The molecule has 3 rings (SSSR count). The third-order valence-electron chi connectivity index (χ3n) is 3.42. The standard InChI is InChI=1S/C13H14O2/c1-8-9(2)15-11-5-3-4-10(12(8)11)13(14)6-7-13/h3-5,14H,6-7H2,1-2H3. The van der Waals surface area contributed by atoms with Crippen molar-refractivity contribution in [1.82, 2.24) is 0 Å². The summed E-state index contributed by atoms with van der Waals surface area (Å²) in [4.78, 5) is 0. The molecule has 0 spiro atoms. The average molecular weight is 202 g/mol. The molecule has 2 heteroatoms. The Morgan fingerprint density at radius 2 is 2.00 bits per heavy atom. The minimum Gasteiger partial charge on any atom is -0.461 e. The van der Waals surface area contributed by atoms with Gasteiger partial charge in [-0.1, -0.05) is 12.1 Å². The molecule has 0 bridgehead atoms. The maximum atomic E-state index is 10.2. The summed E-state index contributed by atoms with van der Waals surface area (Å²) in [6.07, 6.45) is 1.74. The largest absolute Gasteiger partial charge is 0.461 e. The number of aryl methyl sites for hydroxylation is 2. The number of aliphatic hydroxyl groups is 1. The van der Waals surface area contributed by atoms with Gasteiger partial charge in [-0.05, 0) is 43.9 Å². The van der Waals surface area contributed by atoms with Gasteiger partial charge in [0.05, 0.1) is 5.60 Å². The van der Waals surface area contributed by atoms with Gasteiger partial charge in [0.1, 0.15) is 11.3 Å². The van der Waals surface area contributed by atoms with Gasteiger partial charge in [-0.2, -0.15) is 0 Å².